The van der Waals surface area contributed by atoms with Gasteiger partial charge < -0.3 is 15.5 Å². The lowest BCUT2D eigenvalue weighted by molar-refractivity contribution is -0.193. The van der Waals surface area contributed by atoms with Gasteiger partial charge in [-0.25, -0.2) is 9.59 Å². The maximum absolute atomic E-state index is 12.3. The third kappa shape index (κ3) is 9.73. The summed E-state index contributed by atoms with van der Waals surface area (Å²) in [5.41, 5.74) is 3.24. The topological polar surface area (TPSA) is 138 Å². The number of nitrogens with zero attached hydrogens (tertiary/aromatic N) is 4. The van der Waals surface area contributed by atoms with Crippen LogP contribution in [0.15, 0.2) is 48.7 Å². The standard InChI is InChI=1S/C21H23N5O.2C2HF3O2/c27-21(24-16-7-8-16)11-19-14-25(13-18-9-10-22-26(18)19)12-17-6-5-15-3-1-2-4-20(15)23-17;2*3-2(4,5)1(6)7/h1-6,9-10,16,19H,7-8,11-14H2,(H,24,27);2*(H,6,7). The van der Waals surface area contributed by atoms with E-state index in [0.29, 0.717) is 12.5 Å². The molecular formula is C25H25F6N5O5. The van der Waals surface area contributed by atoms with Crippen LogP contribution in [0.3, 0.4) is 0 Å². The Morgan fingerprint density at radius 3 is 2.12 bits per heavy atom. The van der Waals surface area contributed by atoms with Crippen LogP contribution in [0.2, 0.25) is 0 Å². The second-order valence-corrected chi connectivity index (χ2v) is 9.24. The molecular weight excluding hydrogens is 564 g/mol. The van der Waals surface area contributed by atoms with Crippen molar-refractivity contribution in [3.63, 3.8) is 0 Å². The number of aromatic nitrogens is 3. The number of pyridine rings is 1. The van der Waals surface area contributed by atoms with E-state index in [2.05, 4.69) is 39.6 Å². The summed E-state index contributed by atoms with van der Waals surface area (Å²) in [5, 5.41) is 23.0. The average molecular weight is 589 g/mol. The summed E-state index contributed by atoms with van der Waals surface area (Å²) in [7, 11) is 0. The van der Waals surface area contributed by atoms with E-state index >= 15 is 0 Å². The van der Waals surface area contributed by atoms with Crippen LogP contribution >= 0.6 is 0 Å². The van der Waals surface area contributed by atoms with E-state index in [0.717, 1.165) is 54.8 Å². The molecule has 0 saturated heterocycles. The molecule has 1 aliphatic heterocycles. The SMILES string of the molecule is O=C(CC1CN(Cc2ccc3ccccc3n2)Cc2ccnn21)NC1CC1.O=C(O)C(F)(F)F.O=C(O)C(F)(F)F. The molecule has 2 aliphatic rings. The van der Waals surface area contributed by atoms with Crippen LogP contribution in [-0.2, 0) is 27.5 Å². The number of hydrogen-bond donors (Lipinski definition) is 3. The summed E-state index contributed by atoms with van der Waals surface area (Å²) in [5.74, 6) is -5.38. The summed E-state index contributed by atoms with van der Waals surface area (Å²) in [6.07, 6.45) is -5.63. The Morgan fingerprint density at radius 1 is 0.927 bits per heavy atom. The van der Waals surface area contributed by atoms with Gasteiger partial charge in [-0.2, -0.15) is 31.4 Å². The number of alkyl halides is 6. The van der Waals surface area contributed by atoms with Crippen LogP contribution in [0.25, 0.3) is 10.9 Å². The minimum Gasteiger partial charge on any atom is -0.475 e. The van der Waals surface area contributed by atoms with E-state index in [1.54, 1.807) is 0 Å². The van der Waals surface area contributed by atoms with Crippen molar-refractivity contribution in [1.82, 2.24) is 25.0 Å². The molecule has 1 atom stereocenters. The Morgan fingerprint density at radius 2 is 1.54 bits per heavy atom. The van der Waals surface area contributed by atoms with Gasteiger partial charge in [0.2, 0.25) is 5.91 Å². The van der Waals surface area contributed by atoms with E-state index in [4.69, 9.17) is 24.8 Å². The van der Waals surface area contributed by atoms with Gasteiger partial charge in [-0.1, -0.05) is 24.3 Å². The van der Waals surface area contributed by atoms with E-state index in [9.17, 15) is 31.1 Å². The Balaban J connectivity index is 0.000000276. The molecule has 1 amide bonds. The molecule has 2 aromatic heterocycles. The molecule has 41 heavy (non-hydrogen) atoms. The van der Waals surface area contributed by atoms with Crippen molar-refractivity contribution in [3.8, 4) is 0 Å². The molecule has 3 heterocycles. The normalized spacial score (nSPS) is 16.9. The number of carboxylic acids is 2. The van der Waals surface area contributed by atoms with E-state index in [-0.39, 0.29) is 11.9 Å². The zero-order valence-electron chi connectivity index (χ0n) is 21.2. The number of carboxylic acid groups (broad SMARTS) is 2. The van der Waals surface area contributed by atoms with Crippen LogP contribution in [0.5, 0.6) is 0 Å². The van der Waals surface area contributed by atoms with Crippen molar-refractivity contribution in [2.75, 3.05) is 6.54 Å². The molecule has 0 radical (unpaired) electrons. The minimum atomic E-state index is -5.08. The predicted molar refractivity (Wildman–Crippen MR) is 130 cm³/mol. The smallest absolute Gasteiger partial charge is 0.475 e. The van der Waals surface area contributed by atoms with Gasteiger partial charge in [-0.15, -0.1) is 0 Å². The van der Waals surface area contributed by atoms with Crippen LogP contribution in [0, 0.1) is 0 Å². The Bertz CT molecular complexity index is 1350. The first kappa shape index (κ1) is 31.3. The lowest BCUT2D eigenvalue weighted by Gasteiger charge is -2.33. The first-order chi connectivity index (χ1) is 19.1. The van der Waals surface area contributed by atoms with Gasteiger partial charge in [-0.3, -0.25) is 19.4 Å². The average Bonchev–Trinajstić information content (AvgIpc) is 3.55. The number of para-hydroxylation sites is 1. The van der Waals surface area contributed by atoms with Gasteiger partial charge in [0, 0.05) is 37.3 Å². The molecule has 1 fully saturated rings. The van der Waals surface area contributed by atoms with Gasteiger partial charge in [0.05, 0.1) is 29.4 Å². The third-order valence-electron chi connectivity index (χ3n) is 5.84. The molecule has 0 bridgehead atoms. The highest BCUT2D eigenvalue weighted by Gasteiger charge is 2.39. The number of nitrogens with one attached hydrogen (secondary N) is 1. The van der Waals surface area contributed by atoms with E-state index in [1.807, 2.05) is 29.1 Å². The van der Waals surface area contributed by atoms with Crippen molar-refractivity contribution in [2.45, 2.75) is 56.8 Å². The van der Waals surface area contributed by atoms with Crippen LogP contribution in [0.4, 0.5) is 26.3 Å². The fourth-order valence-corrected chi connectivity index (χ4v) is 3.89. The van der Waals surface area contributed by atoms with Crippen LogP contribution in [0.1, 0.15) is 36.7 Å². The Labute approximate surface area is 228 Å². The first-order valence-electron chi connectivity index (χ1n) is 12.1. The Hall–Kier alpha value is -4.21. The molecule has 3 N–H and O–H groups in total. The fourth-order valence-electron chi connectivity index (χ4n) is 3.89. The van der Waals surface area contributed by atoms with Crippen molar-refractivity contribution in [2.24, 2.45) is 0 Å². The number of carbonyl (C=O) groups excluding carboxylic acids is 1. The quantitative estimate of drug-likeness (QED) is 0.381. The van der Waals surface area contributed by atoms with Crippen LogP contribution < -0.4 is 5.32 Å². The molecule has 3 aromatic rings. The number of amides is 1. The van der Waals surface area contributed by atoms with Gasteiger partial charge in [0.15, 0.2) is 0 Å². The van der Waals surface area contributed by atoms with Gasteiger partial charge in [-0.05, 0) is 31.0 Å². The second-order valence-electron chi connectivity index (χ2n) is 9.24. The lowest BCUT2D eigenvalue weighted by atomic mass is 10.1. The van der Waals surface area contributed by atoms with E-state index in [1.165, 1.54) is 0 Å². The molecule has 0 spiro atoms. The molecule has 5 rings (SSSR count). The number of hydrogen-bond acceptors (Lipinski definition) is 6. The molecule has 1 saturated carbocycles. The van der Waals surface area contributed by atoms with Gasteiger partial charge in [0.1, 0.15) is 0 Å². The first-order valence-corrected chi connectivity index (χ1v) is 12.1. The molecule has 16 heteroatoms. The number of carbonyl (C=O) groups is 3. The predicted octanol–water partition coefficient (Wildman–Crippen LogP) is 3.92. The monoisotopic (exact) mass is 589 g/mol. The van der Waals surface area contributed by atoms with Gasteiger partial charge >= 0.3 is 24.3 Å². The van der Waals surface area contributed by atoms with E-state index < -0.39 is 24.3 Å². The number of benzene rings is 1. The summed E-state index contributed by atoms with van der Waals surface area (Å²) >= 11 is 0. The highest BCUT2D eigenvalue weighted by molar-refractivity contribution is 5.78. The fraction of sp³-hybridized carbons (Fsp3) is 0.400. The second kappa shape index (κ2) is 13.0. The third-order valence-corrected chi connectivity index (χ3v) is 5.84. The number of fused-ring (bicyclic) bond motifs is 2. The molecule has 1 aliphatic carbocycles. The maximum Gasteiger partial charge on any atom is 0.490 e. The molecule has 1 unspecified atom stereocenters. The zero-order valence-corrected chi connectivity index (χ0v) is 21.2. The van der Waals surface area contributed by atoms with Crippen LogP contribution in [-0.4, -0.2) is 72.7 Å². The summed E-state index contributed by atoms with van der Waals surface area (Å²) in [4.78, 5) is 37.3. The summed E-state index contributed by atoms with van der Waals surface area (Å²) < 4.78 is 65.5. The zero-order chi connectivity index (χ0) is 30.4. The largest absolute Gasteiger partial charge is 0.490 e. The maximum atomic E-state index is 12.3. The molecule has 222 valence electrons. The Kier molecular flexibility index (Phi) is 9.91. The summed E-state index contributed by atoms with van der Waals surface area (Å²) in [6.45, 7) is 2.41. The molecule has 10 nitrogen and oxygen atoms in total. The van der Waals surface area contributed by atoms with Crippen molar-refractivity contribution >= 4 is 28.7 Å². The van der Waals surface area contributed by atoms with Crippen molar-refractivity contribution in [3.05, 3.63) is 60.0 Å². The van der Waals surface area contributed by atoms with Gasteiger partial charge in [0.25, 0.3) is 0 Å². The number of aliphatic carboxylic acids is 2. The number of rotatable bonds is 5. The number of halogens is 6. The highest BCUT2D eigenvalue weighted by Crippen LogP contribution is 2.26. The van der Waals surface area contributed by atoms with Crippen molar-refractivity contribution in [1.29, 1.82) is 0 Å². The van der Waals surface area contributed by atoms with Crippen molar-refractivity contribution < 1.29 is 50.9 Å². The molecule has 1 aromatic carbocycles. The highest BCUT2D eigenvalue weighted by atomic mass is 19.4. The summed E-state index contributed by atoms with van der Waals surface area (Å²) in [6, 6.07) is 14.9. The minimum absolute atomic E-state index is 0.0722. The lowest BCUT2D eigenvalue weighted by Crippen LogP contribution is -2.40.